The van der Waals surface area contributed by atoms with Gasteiger partial charge in [0, 0.05) is 33.2 Å². The molecule has 170 valence electrons. The normalized spacial score (nSPS) is 15.3. The van der Waals surface area contributed by atoms with Crippen molar-refractivity contribution in [3.63, 3.8) is 0 Å². The molecule has 2 N–H and O–H groups in total. The molecular weight excluding hydrogens is 378 g/mol. The third-order valence-electron chi connectivity index (χ3n) is 5.64. The molecule has 30 heavy (non-hydrogen) atoms. The van der Waals surface area contributed by atoms with Crippen molar-refractivity contribution in [2.45, 2.75) is 39.7 Å². The molecule has 0 atom stereocenters. The number of hydrogen-bond donors (Lipinski definition) is 2. The summed E-state index contributed by atoms with van der Waals surface area (Å²) in [6, 6.07) is 6.09. The number of nitrogens with zero attached hydrogens (tertiary/aromatic N) is 3. The smallest absolute Gasteiger partial charge is 0.191 e. The molecule has 1 aromatic rings. The Morgan fingerprint density at radius 1 is 1.10 bits per heavy atom. The van der Waals surface area contributed by atoms with E-state index in [2.05, 4.69) is 45.3 Å². The molecule has 7 heteroatoms. The van der Waals surface area contributed by atoms with Gasteiger partial charge < -0.3 is 29.9 Å². The molecule has 2 rings (SSSR count). The third-order valence-corrected chi connectivity index (χ3v) is 5.64. The maximum absolute atomic E-state index is 5.95. The van der Waals surface area contributed by atoms with Gasteiger partial charge in [-0.05, 0) is 56.7 Å². The van der Waals surface area contributed by atoms with E-state index in [1.165, 1.54) is 32.4 Å². The van der Waals surface area contributed by atoms with Gasteiger partial charge in [0.05, 0.1) is 7.11 Å². The Morgan fingerprint density at radius 2 is 1.87 bits per heavy atom. The molecule has 1 aliphatic rings. The highest BCUT2D eigenvalue weighted by atomic mass is 16.5. The van der Waals surface area contributed by atoms with Crippen LogP contribution in [0.15, 0.2) is 23.2 Å². The Kier molecular flexibility index (Phi) is 11.4. The number of guanidine groups is 1. The molecule has 0 spiro atoms. The molecule has 0 unspecified atom stereocenters. The summed E-state index contributed by atoms with van der Waals surface area (Å²) in [4.78, 5) is 9.20. The highest BCUT2D eigenvalue weighted by Gasteiger charge is 2.10. The van der Waals surface area contributed by atoms with E-state index in [0.717, 1.165) is 55.7 Å². The van der Waals surface area contributed by atoms with Gasteiger partial charge in [-0.2, -0.15) is 0 Å². The number of ether oxygens (including phenoxy) is 2. The zero-order valence-corrected chi connectivity index (χ0v) is 19.4. The van der Waals surface area contributed by atoms with Crippen LogP contribution in [0, 0.1) is 0 Å². The zero-order valence-electron chi connectivity index (χ0n) is 19.4. The molecule has 0 aliphatic carbocycles. The van der Waals surface area contributed by atoms with Gasteiger partial charge in [-0.1, -0.05) is 26.3 Å². The van der Waals surface area contributed by atoms with Gasteiger partial charge in [-0.25, -0.2) is 0 Å². The minimum absolute atomic E-state index is 0.656. The van der Waals surface area contributed by atoms with Gasteiger partial charge in [-0.15, -0.1) is 0 Å². The minimum Gasteiger partial charge on any atom is -0.493 e. The zero-order chi connectivity index (χ0) is 21.6. The summed E-state index contributed by atoms with van der Waals surface area (Å²) >= 11 is 0. The first-order valence-corrected chi connectivity index (χ1v) is 11.4. The lowest BCUT2D eigenvalue weighted by Gasteiger charge is -2.26. The van der Waals surface area contributed by atoms with E-state index >= 15 is 0 Å². The monoisotopic (exact) mass is 419 g/mol. The van der Waals surface area contributed by atoms with Crippen molar-refractivity contribution in [2.75, 3.05) is 66.6 Å². The van der Waals surface area contributed by atoms with Crippen molar-refractivity contribution < 1.29 is 9.47 Å². The number of benzene rings is 1. The molecule has 1 aliphatic heterocycles. The van der Waals surface area contributed by atoms with Crippen LogP contribution >= 0.6 is 0 Å². The third kappa shape index (κ3) is 8.40. The van der Waals surface area contributed by atoms with E-state index < -0.39 is 0 Å². The number of rotatable bonds is 12. The SMILES string of the molecule is CCN(CC)CCOc1ccc(CNC(=NC)NCCN2CCCCC2)cc1OC. The lowest BCUT2D eigenvalue weighted by molar-refractivity contribution is 0.217. The summed E-state index contributed by atoms with van der Waals surface area (Å²) in [5.41, 5.74) is 1.13. The van der Waals surface area contributed by atoms with Crippen LogP contribution < -0.4 is 20.1 Å². The van der Waals surface area contributed by atoms with Crippen molar-refractivity contribution in [1.29, 1.82) is 0 Å². The van der Waals surface area contributed by atoms with E-state index in [4.69, 9.17) is 9.47 Å². The number of likely N-dealkylation sites (tertiary alicyclic amines) is 1. The average molecular weight is 420 g/mol. The maximum atomic E-state index is 5.95. The average Bonchev–Trinajstić information content (AvgIpc) is 2.80. The molecule has 1 saturated heterocycles. The Balaban J connectivity index is 1.77. The summed E-state index contributed by atoms with van der Waals surface area (Å²) in [7, 11) is 3.49. The van der Waals surface area contributed by atoms with Gasteiger partial charge in [0.25, 0.3) is 0 Å². The molecule has 7 nitrogen and oxygen atoms in total. The molecule has 0 amide bonds. The molecule has 1 fully saturated rings. The first kappa shape index (κ1) is 24.3. The molecular formula is C23H41N5O2. The second kappa shape index (κ2) is 14.1. The number of nitrogens with one attached hydrogen (secondary N) is 2. The van der Waals surface area contributed by atoms with E-state index in [1.807, 2.05) is 19.2 Å². The first-order valence-electron chi connectivity index (χ1n) is 11.4. The molecule has 0 radical (unpaired) electrons. The molecule has 1 aromatic carbocycles. The van der Waals surface area contributed by atoms with E-state index in [1.54, 1.807) is 7.11 Å². The van der Waals surface area contributed by atoms with Crippen LogP contribution in [0.2, 0.25) is 0 Å². The van der Waals surface area contributed by atoms with Crippen LogP contribution in [-0.4, -0.2) is 82.3 Å². The summed E-state index contributed by atoms with van der Waals surface area (Å²) in [5.74, 6) is 2.38. The van der Waals surface area contributed by atoms with Gasteiger partial charge in [0.15, 0.2) is 17.5 Å². The van der Waals surface area contributed by atoms with Crippen molar-refractivity contribution in [2.24, 2.45) is 4.99 Å². The standard InChI is InChI=1S/C23H41N5O2/c1-5-27(6-2)16-17-30-21-11-10-20(18-22(21)29-4)19-26-23(24-3)25-12-15-28-13-8-7-9-14-28/h10-11,18H,5-9,12-17,19H2,1-4H3,(H2,24,25,26). The van der Waals surface area contributed by atoms with Crippen LogP contribution in [0.4, 0.5) is 0 Å². The topological polar surface area (TPSA) is 61.4 Å². The number of aliphatic imine (C=N–C) groups is 1. The molecule has 0 bridgehead atoms. The number of piperidine rings is 1. The molecule has 1 heterocycles. The number of methoxy groups -OCH3 is 1. The second-order valence-corrected chi connectivity index (χ2v) is 7.62. The lowest BCUT2D eigenvalue weighted by Crippen LogP contribution is -2.42. The van der Waals surface area contributed by atoms with Crippen molar-refractivity contribution in [1.82, 2.24) is 20.4 Å². The largest absolute Gasteiger partial charge is 0.493 e. The number of hydrogen-bond acceptors (Lipinski definition) is 5. The summed E-state index contributed by atoms with van der Waals surface area (Å²) in [6.07, 6.45) is 4.02. The van der Waals surface area contributed by atoms with Crippen LogP contribution in [0.5, 0.6) is 11.5 Å². The predicted molar refractivity (Wildman–Crippen MR) is 125 cm³/mol. The van der Waals surface area contributed by atoms with Gasteiger partial charge in [-0.3, -0.25) is 4.99 Å². The second-order valence-electron chi connectivity index (χ2n) is 7.62. The summed E-state index contributed by atoms with van der Waals surface area (Å²) in [5, 5.41) is 6.80. The van der Waals surface area contributed by atoms with Crippen LogP contribution in [0.3, 0.4) is 0 Å². The molecule has 0 aromatic heterocycles. The summed E-state index contributed by atoms with van der Waals surface area (Å²) in [6.45, 7) is 13.1. The molecule has 0 saturated carbocycles. The van der Waals surface area contributed by atoms with E-state index in [9.17, 15) is 0 Å². The fraction of sp³-hybridized carbons (Fsp3) is 0.696. The van der Waals surface area contributed by atoms with Gasteiger partial charge in [0.2, 0.25) is 0 Å². The number of likely N-dealkylation sites (N-methyl/N-ethyl adjacent to an activating group) is 1. The fourth-order valence-corrected chi connectivity index (χ4v) is 3.69. The Morgan fingerprint density at radius 3 is 2.53 bits per heavy atom. The Labute approximate surface area is 182 Å². The van der Waals surface area contributed by atoms with Crippen LogP contribution in [0.25, 0.3) is 0 Å². The fourth-order valence-electron chi connectivity index (χ4n) is 3.69. The van der Waals surface area contributed by atoms with Crippen molar-refractivity contribution >= 4 is 5.96 Å². The van der Waals surface area contributed by atoms with Gasteiger partial charge >= 0.3 is 0 Å². The summed E-state index contributed by atoms with van der Waals surface area (Å²) < 4.78 is 11.5. The van der Waals surface area contributed by atoms with Crippen LogP contribution in [0.1, 0.15) is 38.7 Å². The highest BCUT2D eigenvalue weighted by molar-refractivity contribution is 5.79. The first-order chi connectivity index (χ1) is 14.7. The van der Waals surface area contributed by atoms with E-state index in [-0.39, 0.29) is 0 Å². The van der Waals surface area contributed by atoms with Gasteiger partial charge in [0.1, 0.15) is 6.61 Å². The Hall–Kier alpha value is -1.99. The van der Waals surface area contributed by atoms with Crippen LogP contribution in [-0.2, 0) is 6.54 Å². The lowest BCUT2D eigenvalue weighted by atomic mass is 10.1. The van der Waals surface area contributed by atoms with Crippen molar-refractivity contribution in [3.8, 4) is 11.5 Å². The minimum atomic E-state index is 0.656. The van der Waals surface area contributed by atoms with Crippen molar-refractivity contribution in [3.05, 3.63) is 23.8 Å². The maximum Gasteiger partial charge on any atom is 0.191 e. The Bertz CT molecular complexity index is 628. The van der Waals surface area contributed by atoms with E-state index in [0.29, 0.717) is 13.2 Å². The predicted octanol–water partition coefficient (Wildman–Crippen LogP) is 2.57. The quantitative estimate of drug-likeness (QED) is 0.401. The highest BCUT2D eigenvalue weighted by Crippen LogP contribution is 2.28.